The minimum atomic E-state index is 0. The fourth-order valence-electron chi connectivity index (χ4n) is 2.06. The van der Waals surface area contributed by atoms with Gasteiger partial charge in [-0.25, -0.2) is 0 Å². The molecule has 1 heterocycles. The maximum Gasteiger partial charge on any atom is 0.00452 e. The highest BCUT2D eigenvalue weighted by Gasteiger charge is 1.94. The summed E-state index contributed by atoms with van der Waals surface area (Å²) < 4.78 is 0. The van der Waals surface area contributed by atoms with E-state index in [1.54, 1.807) is 4.88 Å². The van der Waals surface area contributed by atoms with Crippen LogP contribution < -0.4 is 0 Å². The first-order chi connectivity index (χ1) is 7.93. The lowest BCUT2D eigenvalue weighted by molar-refractivity contribution is 0.565. The molecule has 0 aliphatic carbocycles. The molecule has 0 atom stereocenters. The van der Waals surface area contributed by atoms with Crippen molar-refractivity contribution in [3.8, 4) is 0 Å². The van der Waals surface area contributed by atoms with Crippen molar-refractivity contribution in [2.75, 3.05) is 0 Å². The van der Waals surface area contributed by atoms with Crippen molar-refractivity contribution in [1.82, 2.24) is 0 Å². The zero-order chi connectivity index (χ0) is 11.5. The molecule has 0 aromatic carbocycles. The highest BCUT2D eigenvalue weighted by atomic mass is 32.1. The van der Waals surface area contributed by atoms with Gasteiger partial charge in [-0.05, 0) is 24.3 Å². The number of rotatable bonds is 10. The summed E-state index contributed by atoms with van der Waals surface area (Å²) >= 11 is 1.90. The van der Waals surface area contributed by atoms with Gasteiger partial charge in [0.1, 0.15) is 0 Å². The Morgan fingerprint density at radius 3 is 2.00 bits per heavy atom. The van der Waals surface area contributed by atoms with Crippen LogP contribution in [-0.4, -0.2) is 0 Å². The molecule has 0 nitrogen and oxygen atoms in total. The van der Waals surface area contributed by atoms with Gasteiger partial charge in [0.15, 0.2) is 0 Å². The second-order valence-electron chi connectivity index (χ2n) is 4.66. The largest absolute Gasteiger partial charge is 0.149 e. The van der Waals surface area contributed by atoms with E-state index in [2.05, 4.69) is 24.4 Å². The van der Waals surface area contributed by atoms with Gasteiger partial charge < -0.3 is 0 Å². The third-order valence-electron chi connectivity index (χ3n) is 3.11. The predicted octanol–water partition coefficient (Wildman–Crippen LogP) is 6.46. The van der Waals surface area contributed by atoms with Gasteiger partial charge in [-0.1, -0.05) is 71.8 Å². The minimum absolute atomic E-state index is 0. The van der Waals surface area contributed by atoms with E-state index in [0.29, 0.717) is 0 Å². The van der Waals surface area contributed by atoms with Crippen molar-refractivity contribution in [2.24, 2.45) is 0 Å². The predicted molar refractivity (Wildman–Crippen MR) is 82.0 cm³/mol. The molecule has 100 valence electrons. The Morgan fingerprint density at radius 1 is 0.882 bits per heavy atom. The molecular weight excluding hydrogens is 224 g/mol. The van der Waals surface area contributed by atoms with Crippen LogP contribution in [0.3, 0.4) is 0 Å². The lowest BCUT2D eigenvalue weighted by Gasteiger charge is -2.01. The maximum absolute atomic E-state index is 2.28. The number of hydrogen-bond acceptors (Lipinski definition) is 1. The topological polar surface area (TPSA) is 0 Å². The Kier molecular flexibility index (Phi) is 12.0. The van der Waals surface area contributed by atoms with E-state index in [1.807, 2.05) is 11.3 Å². The Hall–Kier alpha value is -0.300. The van der Waals surface area contributed by atoms with Crippen LogP contribution >= 0.6 is 11.3 Å². The van der Waals surface area contributed by atoms with Crippen LogP contribution in [0.25, 0.3) is 0 Å². The number of unbranched alkanes of at least 4 members (excludes halogenated alkanes) is 8. The zero-order valence-electron chi connectivity index (χ0n) is 10.7. The Balaban J connectivity index is 0.00000256. The first-order valence-electron chi connectivity index (χ1n) is 6.96. The Labute approximate surface area is 112 Å². The first kappa shape index (κ1) is 16.7. The summed E-state index contributed by atoms with van der Waals surface area (Å²) in [6, 6.07) is 4.42. The standard InChI is InChI=1S/C15H26S.CH4/c1-2-3-4-5-6-7-8-9-10-12-15-13-11-14-16-15;/h11,13-14H,2-10,12H2,1H3;1H4. The molecule has 0 bridgehead atoms. The molecule has 0 N–H and O–H groups in total. The Bertz CT molecular complexity index is 226. The highest BCUT2D eigenvalue weighted by Crippen LogP contribution is 2.14. The molecule has 0 saturated carbocycles. The van der Waals surface area contributed by atoms with Crippen LogP contribution in [-0.2, 0) is 6.42 Å². The lowest BCUT2D eigenvalue weighted by atomic mass is 10.1. The van der Waals surface area contributed by atoms with Crippen molar-refractivity contribution in [3.05, 3.63) is 22.4 Å². The van der Waals surface area contributed by atoms with E-state index >= 15 is 0 Å². The molecule has 1 aromatic rings. The molecule has 0 unspecified atom stereocenters. The number of hydrogen-bond donors (Lipinski definition) is 0. The average Bonchev–Trinajstić information content (AvgIpc) is 2.80. The molecule has 0 fully saturated rings. The molecule has 17 heavy (non-hydrogen) atoms. The molecule has 0 aliphatic heterocycles. The van der Waals surface area contributed by atoms with Gasteiger partial charge in [0, 0.05) is 4.88 Å². The maximum atomic E-state index is 2.28. The van der Waals surface area contributed by atoms with Crippen LogP contribution in [0.1, 0.15) is 77.0 Å². The van der Waals surface area contributed by atoms with E-state index in [0.717, 1.165) is 0 Å². The van der Waals surface area contributed by atoms with E-state index in [-0.39, 0.29) is 7.43 Å². The smallest absolute Gasteiger partial charge is 0.00452 e. The molecule has 0 amide bonds. The summed E-state index contributed by atoms with van der Waals surface area (Å²) in [5.41, 5.74) is 0. The van der Waals surface area contributed by atoms with Crippen molar-refractivity contribution in [1.29, 1.82) is 0 Å². The number of thiophene rings is 1. The van der Waals surface area contributed by atoms with Gasteiger partial charge in [0.05, 0.1) is 0 Å². The van der Waals surface area contributed by atoms with E-state index < -0.39 is 0 Å². The minimum Gasteiger partial charge on any atom is -0.149 e. The van der Waals surface area contributed by atoms with Crippen LogP contribution in [0.15, 0.2) is 17.5 Å². The van der Waals surface area contributed by atoms with Gasteiger partial charge in [-0.3, -0.25) is 0 Å². The molecule has 0 saturated heterocycles. The third-order valence-corrected chi connectivity index (χ3v) is 4.04. The van der Waals surface area contributed by atoms with Gasteiger partial charge >= 0.3 is 0 Å². The molecule has 0 radical (unpaired) electrons. The van der Waals surface area contributed by atoms with Crippen molar-refractivity contribution in [2.45, 2.75) is 78.6 Å². The van der Waals surface area contributed by atoms with Gasteiger partial charge in [0.25, 0.3) is 0 Å². The normalized spacial score (nSPS) is 10.2. The molecule has 0 spiro atoms. The van der Waals surface area contributed by atoms with Gasteiger partial charge in [-0.15, -0.1) is 11.3 Å². The summed E-state index contributed by atoms with van der Waals surface area (Å²) in [4.78, 5) is 1.56. The fraction of sp³-hybridized carbons (Fsp3) is 0.750. The summed E-state index contributed by atoms with van der Waals surface area (Å²) in [7, 11) is 0. The summed E-state index contributed by atoms with van der Waals surface area (Å²) in [6.07, 6.45) is 14.2. The van der Waals surface area contributed by atoms with Crippen LogP contribution in [0.5, 0.6) is 0 Å². The molecule has 1 heteroatoms. The monoisotopic (exact) mass is 254 g/mol. The second-order valence-corrected chi connectivity index (χ2v) is 5.69. The summed E-state index contributed by atoms with van der Waals surface area (Å²) in [6.45, 7) is 2.28. The van der Waals surface area contributed by atoms with Crippen molar-refractivity contribution < 1.29 is 0 Å². The molecule has 1 aromatic heterocycles. The molecule has 1 rings (SSSR count). The van der Waals surface area contributed by atoms with E-state index in [4.69, 9.17) is 0 Å². The first-order valence-corrected chi connectivity index (χ1v) is 7.84. The highest BCUT2D eigenvalue weighted by molar-refractivity contribution is 7.09. The third kappa shape index (κ3) is 9.41. The van der Waals surface area contributed by atoms with Gasteiger partial charge in [-0.2, -0.15) is 0 Å². The summed E-state index contributed by atoms with van der Waals surface area (Å²) in [5.74, 6) is 0. The fourth-order valence-corrected chi connectivity index (χ4v) is 2.82. The molecular formula is C16H30S. The summed E-state index contributed by atoms with van der Waals surface area (Å²) in [5, 5.41) is 2.18. The van der Waals surface area contributed by atoms with Crippen LogP contribution in [0.2, 0.25) is 0 Å². The lowest BCUT2D eigenvalue weighted by Crippen LogP contribution is -1.83. The second kappa shape index (κ2) is 12.2. The SMILES string of the molecule is C.CCCCCCCCCCCc1cccs1. The molecule has 0 aliphatic rings. The van der Waals surface area contributed by atoms with Crippen molar-refractivity contribution in [3.63, 3.8) is 0 Å². The van der Waals surface area contributed by atoms with E-state index in [1.165, 1.54) is 64.2 Å². The zero-order valence-corrected chi connectivity index (χ0v) is 11.5. The van der Waals surface area contributed by atoms with Crippen molar-refractivity contribution >= 4 is 11.3 Å². The average molecular weight is 254 g/mol. The van der Waals surface area contributed by atoms with Crippen LogP contribution in [0.4, 0.5) is 0 Å². The van der Waals surface area contributed by atoms with Gasteiger partial charge in [0.2, 0.25) is 0 Å². The van der Waals surface area contributed by atoms with Crippen LogP contribution in [0, 0.1) is 0 Å². The quantitative estimate of drug-likeness (QED) is 0.420. The number of aryl methyl sites for hydroxylation is 1. The Morgan fingerprint density at radius 2 is 1.47 bits per heavy atom. The van der Waals surface area contributed by atoms with E-state index in [9.17, 15) is 0 Å².